The summed E-state index contributed by atoms with van der Waals surface area (Å²) in [7, 11) is 0. The molecule has 1 N–H and O–H groups in total. The number of nitrogens with zero attached hydrogens (tertiary/aromatic N) is 1. The quantitative estimate of drug-likeness (QED) is 0.863. The third-order valence-electron chi connectivity index (χ3n) is 3.55. The van der Waals surface area contributed by atoms with Crippen LogP contribution in [-0.2, 0) is 0 Å². The molecule has 1 heterocycles. The molecule has 1 aromatic carbocycles. The van der Waals surface area contributed by atoms with Crippen LogP contribution in [-0.4, -0.2) is 11.0 Å². The maximum absolute atomic E-state index is 6.16. The molecule has 1 aliphatic rings. The lowest BCUT2D eigenvalue weighted by atomic mass is 10.1. The Kier molecular flexibility index (Phi) is 4.04. The van der Waals surface area contributed by atoms with Crippen molar-refractivity contribution in [1.29, 1.82) is 0 Å². The largest absolute Gasteiger partial charge is 0.301 e. The lowest BCUT2D eigenvalue weighted by Gasteiger charge is -2.17. The molecule has 0 amide bonds. The molecule has 2 aromatic rings. The smallest absolute Gasteiger partial charge is 0.115 e. The van der Waals surface area contributed by atoms with Gasteiger partial charge in [-0.05, 0) is 44.4 Å². The molecule has 5 heteroatoms. The van der Waals surface area contributed by atoms with E-state index in [-0.39, 0.29) is 6.04 Å². The lowest BCUT2D eigenvalue weighted by Crippen LogP contribution is -2.24. The van der Waals surface area contributed by atoms with Crippen molar-refractivity contribution in [3.05, 3.63) is 49.4 Å². The van der Waals surface area contributed by atoms with E-state index < -0.39 is 0 Å². The number of benzene rings is 1. The Hall–Kier alpha value is -0.610. The van der Waals surface area contributed by atoms with Crippen LogP contribution in [0, 0.1) is 13.8 Å². The van der Waals surface area contributed by atoms with Gasteiger partial charge in [-0.15, -0.1) is 11.3 Å². The van der Waals surface area contributed by atoms with Gasteiger partial charge in [0.05, 0.1) is 21.8 Å². The summed E-state index contributed by atoms with van der Waals surface area (Å²) in [5.41, 5.74) is 2.23. The molecule has 1 aromatic heterocycles. The fraction of sp³-hybridized carbons (Fsp3) is 0.400. The summed E-state index contributed by atoms with van der Waals surface area (Å²) < 4.78 is 0. The zero-order valence-corrected chi connectivity index (χ0v) is 13.7. The summed E-state index contributed by atoms with van der Waals surface area (Å²) in [5, 5.41) is 5.94. The van der Waals surface area contributed by atoms with E-state index in [1.54, 1.807) is 11.3 Å². The molecule has 1 aliphatic carbocycles. The molecule has 20 heavy (non-hydrogen) atoms. The predicted octanol–water partition coefficient (Wildman–Crippen LogP) is 4.91. The normalized spacial score (nSPS) is 16.4. The van der Waals surface area contributed by atoms with Crippen LogP contribution >= 0.6 is 34.5 Å². The number of hydrogen-bond acceptors (Lipinski definition) is 3. The molecule has 0 bridgehead atoms. The van der Waals surface area contributed by atoms with Crippen LogP contribution < -0.4 is 5.32 Å². The maximum Gasteiger partial charge on any atom is 0.115 e. The van der Waals surface area contributed by atoms with Crippen LogP contribution in [0.15, 0.2) is 18.2 Å². The van der Waals surface area contributed by atoms with Gasteiger partial charge in [-0.25, -0.2) is 4.98 Å². The first-order valence-electron chi connectivity index (χ1n) is 6.69. The van der Waals surface area contributed by atoms with Crippen LogP contribution in [0.4, 0.5) is 0 Å². The van der Waals surface area contributed by atoms with Gasteiger partial charge in [-0.3, -0.25) is 0 Å². The van der Waals surface area contributed by atoms with Crippen LogP contribution in [0.25, 0.3) is 0 Å². The van der Waals surface area contributed by atoms with E-state index in [1.165, 1.54) is 17.7 Å². The summed E-state index contributed by atoms with van der Waals surface area (Å²) in [6.07, 6.45) is 2.47. The minimum Gasteiger partial charge on any atom is -0.301 e. The van der Waals surface area contributed by atoms with Crippen LogP contribution in [0.1, 0.15) is 40.0 Å². The van der Waals surface area contributed by atoms with E-state index in [0.717, 1.165) is 16.3 Å². The second-order valence-corrected chi connectivity index (χ2v) is 7.29. The van der Waals surface area contributed by atoms with Crippen LogP contribution in [0.3, 0.4) is 0 Å². The second-order valence-electron chi connectivity index (χ2n) is 5.24. The van der Waals surface area contributed by atoms with Gasteiger partial charge < -0.3 is 5.32 Å². The molecular formula is C15H16Cl2N2S. The predicted molar refractivity (Wildman–Crippen MR) is 86.1 cm³/mol. The first-order valence-corrected chi connectivity index (χ1v) is 8.27. The molecule has 0 spiro atoms. The number of halogens is 2. The molecule has 1 saturated carbocycles. The summed E-state index contributed by atoms with van der Waals surface area (Å²) in [5.74, 6) is 0. The van der Waals surface area contributed by atoms with Gasteiger partial charge in [0.1, 0.15) is 5.01 Å². The fourth-order valence-corrected chi connectivity index (χ4v) is 3.43. The topological polar surface area (TPSA) is 24.9 Å². The highest BCUT2D eigenvalue weighted by molar-refractivity contribution is 7.11. The average molecular weight is 327 g/mol. The molecular weight excluding hydrogens is 311 g/mol. The molecule has 0 radical (unpaired) electrons. The van der Waals surface area contributed by atoms with Crippen molar-refractivity contribution >= 4 is 34.5 Å². The molecule has 106 valence electrons. The molecule has 3 rings (SSSR count). The molecule has 2 nitrogen and oxygen atoms in total. The summed E-state index contributed by atoms with van der Waals surface area (Å²) in [4.78, 5) is 5.97. The standard InChI is InChI=1S/C15H16Cl2N2S/c1-8-9(2)20-15(18-8)14(19-11-4-5-11)10-3-6-12(16)13(17)7-10/h3,6-7,11,14,19H,4-5H2,1-2H3. The van der Waals surface area contributed by atoms with E-state index in [2.05, 4.69) is 19.2 Å². The van der Waals surface area contributed by atoms with Crippen molar-refractivity contribution < 1.29 is 0 Å². The van der Waals surface area contributed by atoms with Crippen molar-refractivity contribution in [1.82, 2.24) is 10.3 Å². The molecule has 0 aliphatic heterocycles. The fourth-order valence-electron chi connectivity index (χ4n) is 2.11. The van der Waals surface area contributed by atoms with E-state index in [9.17, 15) is 0 Å². The van der Waals surface area contributed by atoms with Gasteiger partial charge in [0.2, 0.25) is 0 Å². The first kappa shape index (κ1) is 14.3. The van der Waals surface area contributed by atoms with Crippen LogP contribution in [0.2, 0.25) is 10.0 Å². The Balaban J connectivity index is 1.97. The van der Waals surface area contributed by atoms with Crippen LogP contribution in [0.5, 0.6) is 0 Å². The Morgan fingerprint density at radius 1 is 1.25 bits per heavy atom. The molecule has 1 fully saturated rings. The minimum absolute atomic E-state index is 0.106. The molecule has 1 atom stereocenters. The van der Waals surface area contributed by atoms with Crippen molar-refractivity contribution in [2.24, 2.45) is 0 Å². The van der Waals surface area contributed by atoms with Gasteiger partial charge in [0.25, 0.3) is 0 Å². The third kappa shape index (κ3) is 3.01. The highest BCUT2D eigenvalue weighted by atomic mass is 35.5. The monoisotopic (exact) mass is 326 g/mol. The average Bonchev–Trinajstić information content (AvgIpc) is 3.17. The summed E-state index contributed by atoms with van der Waals surface area (Å²) in [6.45, 7) is 4.16. The second kappa shape index (κ2) is 5.64. The Morgan fingerprint density at radius 3 is 2.55 bits per heavy atom. The molecule has 1 unspecified atom stereocenters. The number of thiazole rings is 1. The van der Waals surface area contributed by atoms with Gasteiger partial charge in [-0.1, -0.05) is 29.3 Å². The zero-order chi connectivity index (χ0) is 14.3. The highest BCUT2D eigenvalue weighted by Crippen LogP contribution is 2.34. The van der Waals surface area contributed by atoms with Crippen molar-refractivity contribution in [3.63, 3.8) is 0 Å². The van der Waals surface area contributed by atoms with E-state index in [0.29, 0.717) is 16.1 Å². The lowest BCUT2D eigenvalue weighted by molar-refractivity contribution is 0.597. The van der Waals surface area contributed by atoms with Crippen molar-refractivity contribution in [2.45, 2.75) is 38.8 Å². The van der Waals surface area contributed by atoms with E-state index in [4.69, 9.17) is 28.2 Å². The number of nitrogens with one attached hydrogen (secondary N) is 1. The minimum atomic E-state index is 0.106. The van der Waals surface area contributed by atoms with Crippen molar-refractivity contribution in [2.75, 3.05) is 0 Å². The SMILES string of the molecule is Cc1nc(C(NC2CC2)c2ccc(Cl)c(Cl)c2)sc1C. The van der Waals surface area contributed by atoms with E-state index in [1.807, 2.05) is 18.2 Å². The Labute approximate surface area is 133 Å². The Morgan fingerprint density at radius 2 is 2.00 bits per heavy atom. The summed E-state index contributed by atoms with van der Waals surface area (Å²) >= 11 is 13.9. The highest BCUT2D eigenvalue weighted by Gasteiger charge is 2.28. The van der Waals surface area contributed by atoms with E-state index >= 15 is 0 Å². The van der Waals surface area contributed by atoms with Gasteiger partial charge in [0.15, 0.2) is 0 Å². The molecule has 0 saturated heterocycles. The Bertz CT molecular complexity index is 615. The number of hydrogen-bond donors (Lipinski definition) is 1. The number of aryl methyl sites for hydroxylation is 2. The third-order valence-corrected chi connectivity index (χ3v) is 5.43. The maximum atomic E-state index is 6.16. The number of rotatable bonds is 4. The van der Waals surface area contributed by atoms with Crippen molar-refractivity contribution in [3.8, 4) is 0 Å². The zero-order valence-electron chi connectivity index (χ0n) is 11.4. The van der Waals surface area contributed by atoms with Gasteiger partial charge >= 0.3 is 0 Å². The summed E-state index contributed by atoms with van der Waals surface area (Å²) in [6, 6.07) is 6.53. The number of aromatic nitrogens is 1. The first-order chi connectivity index (χ1) is 9.54. The van der Waals surface area contributed by atoms with Gasteiger partial charge in [0, 0.05) is 10.9 Å². The van der Waals surface area contributed by atoms with Gasteiger partial charge in [-0.2, -0.15) is 0 Å².